The lowest BCUT2D eigenvalue weighted by atomic mass is 10.0. The molecule has 0 saturated carbocycles. The first kappa shape index (κ1) is 26.6. The second-order valence-electron chi connectivity index (χ2n) is 9.17. The van der Waals surface area contributed by atoms with Gasteiger partial charge in [0.15, 0.2) is 6.61 Å². The van der Waals surface area contributed by atoms with Gasteiger partial charge in [-0.3, -0.25) is 9.69 Å². The van der Waals surface area contributed by atoms with Crippen LogP contribution in [0.5, 0.6) is 5.75 Å². The third-order valence-electron chi connectivity index (χ3n) is 6.33. The highest BCUT2D eigenvalue weighted by atomic mass is 19.4. The van der Waals surface area contributed by atoms with Crippen molar-refractivity contribution in [2.75, 3.05) is 39.8 Å². The molecule has 0 radical (unpaired) electrons. The van der Waals surface area contributed by atoms with E-state index in [0.29, 0.717) is 17.9 Å². The monoisotopic (exact) mass is 515 g/mol. The average Bonchev–Trinajstić information content (AvgIpc) is 2.88. The fourth-order valence-corrected chi connectivity index (χ4v) is 4.17. The van der Waals surface area contributed by atoms with Crippen LogP contribution < -0.4 is 10.1 Å². The maximum absolute atomic E-state index is 13.4. The summed E-state index contributed by atoms with van der Waals surface area (Å²) in [5.41, 5.74) is 2.27. The summed E-state index contributed by atoms with van der Waals surface area (Å²) in [5, 5.41) is 2.61. The van der Waals surface area contributed by atoms with Crippen molar-refractivity contribution in [3.05, 3.63) is 89.2 Å². The molecule has 0 unspecified atom stereocenters. The lowest BCUT2D eigenvalue weighted by molar-refractivity contribution is -0.137. The molecule has 1 aliphatic rings. The van der Waals surface area contributed by atoms with E-state index >= 15 is 0 Å². The molecule has 1 amide bonds. The summed E-state index contributed by atoms with van der Waals surface area (Å²) in [6, 6.07) is 16.7. The summed E-state index contributed by atoms with van der Waals surface area (Å²) in [5.74, 6) is -0.193. The number of likely N-dealkylation sites (N-methyl/N-ethyl adjacent to an activating group) is 1. The zero-order valence-electron chi connectivity index (χ0n) is 20.5. The number of nitrogens with zero attached hydrogens (tertiary/aromatic N) is 2. The molecule has 196 valence electrons. The number of hydrogen-bond donors (Lipinski definition) is 1. The molecular weight excluding hydrogens is 486 g/mol. The van der Waals surface area contributed by atoms with E-state index in [1.807, 2.05) is 12.1 Å². The van der Waals surface area contributed by atoms with Crippen molar-refractivity contribution in [1.82, 2.24) is 15.1 Å². The largest absolute Gasteiger partial charge is 0.483 e. The van der Waals surface area contributed by atoms with Crippen molar-refractivity contribution in [1.29, 1.82) is 0 Å². The molecule has 9 heteroatoms. The van der Waals surface area contributed by atoms with Crippen LogP contribution in [0.15, 0.2) is 66.7 Å². The van der Waals surface area contributed by atoms with E-state index in [1.165, 1.54) is 24.3 Å². The van der Waals surface area contributed by atoms with Crippen LogP contribution in [0.2, 0.25) is 0 Å². The fourth-order valence-electron chi connectivity index (χ4n) is 4.17. The van der Waals surface area contributed by atoms with Crippen molar-refractivity contribution in [2.24, 2.45) is 0 Å². The molecule has 1 fully saturated rings. The first-order valence-electron chi connectivity index (χ1n) is 12.0. The van der Waals surface area contributed by atoms with Crippen molar-refractivity contribution < 1.29 is 27.1 Å². The smallest absolute Gasteiger partial charge is 0.416 e. The molecule has 4 rings (SSSR count). The zero-order chi connectivity index (χ0) is 26.4. The molecule has 3 aromatic carbocycles. The van der Waals surface area contributed by atoms with Gasteiger partial charge < -0.3 is 15.0 Å². The van der Waals surface area contributed by atoms with Gasteiger partial charge >= 0.3 is 6.18 Å². The number of nitrogens with one attached hydrogen (secondary N) is 1. The number of halogens is 4. The second kappa shape index (κ2) is 11.7. The maximum Gasteiger partial charge on any atom is 0.416 e. The van der Waals surface area contributed by atoms with Gasteiger partial charge in [0.25, 0.3) is 5.91 Å². The molecule has 5 nitrogen and oxygen atoms in total. The third kappa shape index (κ3) is 7.53. The van der Waals surface area contributed by atoms with E-state index in [9.17, 15) is 22.4 Å². The summed E-state index contributed by atoms with van der Waals surface area (Å²) in [6.45, 7) is 4.01. The summed E-state index contributed by atoms with van der Waals surface area (Å²) in [6.07, 6.45) is -4.44. The van der Waals surface area contributed by atoms with Gasteiger partial charge in [-0.15, -0.1) is 0 Å². The summed E-state index contributed by atoms with van der Waals surface area (Å²) < 4.78 is 58.0. The molecule has 37 heavy (non-hydrogen) atoms. The number of rotatable bonds is 8. The number of ether oxygens (including phenoxy) is 1. The van der Waals surface area contributed by atoms with Crippen LogP contribution in [0.1, 0.15) is 16.7 Å². The Morgan fingerprint density at radius 3 is 2.35 bits per heavy atom. The van der Waals surface area contributed by atoms with Gasteiger partial charge in [0.2, 0.25) is 0 Å². The lowest BCUT2D eigenvalue weighted by Gasteiger charge is -2.32. The Morgan fingerprint density at radius 1 is 0.946 bits per heavy atom. The van der Waals surface area contributed by atoms with Gasteiger partial charge in [-0.1, -0.05) is 30.3 Å². The number of alkyl halides is 3. The predicted molar refractivity (Wildman–Crippen MR) is 133 cm³/mol. The molecule has 0 bridgehead atoms. The highest BCUT2D eigenvalue weighted by Gasteiger charge is 2.30. The highest BCUT2D eigenvalue weighted by molar-refractivity contribution is 5.77. The van der Waals surface area contributed by atoms with Gasteiger partial charge in [-0.2, -0.15) is 13.2 Å². The Labute approximate surface area is 213 Å². The summed E-state index contributed by atoms with van der Waals surface area (Å²) in [7, 11) is 2.08. The molecule has 0 aromatic heterocycles. The van der Waals surface area contributed by atoms with E-state index in [-0.39, 0.29) is 19.0 Å². The average molecular weight is 516 g/mol. The topological polar surface area (TPSA) is 44.8 Å². The normalized spacial score (nSPS) is 14.9. The van der Waals surface area contributed by atoms with Crippen LogP contribution in [-0.2, 0) is 24.1 Å². The van der Waals surface area contributed by atoms with Crippen LogP contribution in [0, 0.1) is 5.82 Å². The predicted octanol–water partition coefficient (Wildman–Crippen LogP) is 4.95. The quantitative estimate of drug-likeness (QED) is 0.431. The molecule has 1 aliphatic heterocycles. The molecule has 0 atom stereocenters. The lowest BCUT2D eigenvalue weighted by Crippen LogP contribution is -2.43. The van der Waals surface area contributed by atoms with Gasteiger partial charge in [0.05, 0.1) is 5.56 Å². The maximum atomic E-state index is 13.4. The summed E-state index contributed by atoms with van der Waals surface area (Å²) in [4.78, 5) is 17.0. The third-order valence-corrected chi connectivity index (χ3v) is 6.33. The van der Waals surface area contributed by atoms with Crippen LogP contribution in [0.3, 0.4) is 0 Å². The van der Waals surface area contributed by atoms with Crippen LogP contribution in [-0.4, -0.2) is 55.5 Å². The van der Waals surface area contributed by atoms with Gasteiger partial charge in [-0.25, -0.2) is 4.39 Å². The molecule has 1 saturated heterocycles. The Hall–Kier alpha value is -3.43. The number of carbonyl (C=O) groups excluding carboxylic acids is 1. The molecule has 1 N–H and O–H groups in total. The minimum absolute atomic E-state index is 0.0379. The van der Waals surface area contributed by atoms with Crippen LogP contribution in [0.4, 0.5) is 17.6 Å². The van der Waals surface area contributed by atoms with Crippen molar-refractivity contribution in [2.45, 2.75) is 19.3 Å². The Balaban J connectivity index is 1.43. The first-order chi connectivity index (χ1) is 17.7. The Kier molecular flexibility index (Phi) is 8.45. The molecule has 0 aliphatic carbocycles. The second-order valence-corrected chi connectivity index (χ2v) is 9.17. The number of amides is 1. The highest BCUT2D eigenvalue weighted by Crippen LogP contribution is 2.30. The number of piperazine rings is 1. The number of hydrogen-bond acceptors (Lipinski definition) is 4. The first-order valence-corrected chi connectivity index (χ1v) is 12.0. The zero-order valence-corrected chi connectivity index (χ0v) is 20.5. The van der Waals surface area contributed by atoms with Crippen molar-refractivity contribution in [3.63, 3.8) is 0 Å². The molecule has 3 aromatic rings. The van der Waals surface area contributed by atoms with Crippen molar-refractivity contribution in [3.8, 4) is 16.9 Å². The van der Waals surface area contributed by atoms with E-state index in [1.54, 1.807) is 18.2 Å². The minimum atomic E-state index is -4.44. The standard InChI is InChI=1S/C28H29F4N3O2/c1-34-11-13-35(14-12-34)18-23-16-22(21-5-8-25(29)9-6-21)7-10-26(23)37-19-27(36)33-17-20-3-2-4-24(15-20)28(30,31)32/h2-10,15-16H,11-14,17-19H2,1H3,(H,33,36). The molecule has 1 heterocycles. The van der Waals surface area contributed by atoms with E-state index in [4.69, 9.17) is 4.74 Å². The van der Waals surface area contributed by atoms with Crippen molar-refractivity contribution >= 4 is 5.91 Å². The minimum Gasteiger partial charge on any atom is -0.483 e. The van der Waals surface area contributed by atoms with E-state index < -0.39 is 17.6 Å². The Bertz CT molecular complexity index is 1210. The molecule has 0 spiro atoms. The molecular formula is C28H29F4N3O2. The Morgan fingerprint density at radius 2 is 1.65 bits per heavy atom. The van der Waals surface area contributed by atoms with Crippen LogP contribution in [0.25, 0.3) is 11.1 Å². The van der Waals surface area contributed by atoms with Crippen LogP contribution >= 0.6 is 0 Å². The summed E-state index contributed by atoms with van der Waals surface area (Å²) >= 11 is 0. The van der Waals surface area contributed by atoms with E-state index in [2.05, 4.69) is 22.2 Å². The van der Waals surface area contributed by atoms with Gasteiger partial charge in [-0.05, 0) is 60.1 Å². The van der Waals surface area contributed by atoms with Gasteiger partial charge in [0, 0.05) is 44.8 Å². The van der Waals surface area contributed by atoms with Gasteiger partial charge in [0.1, 0.15) is 11.6 Å². The van der Waals surface area contributed by atoms with E-state index in [0.717, 1.165) is 55.0 Å². The number of carbonyl (C=O) groups is 1. The number of benzene rings is 3. The fraction of sp³-hybridized carbons (Fsp3) is 0.321. The SMILES string of the molecule is CN1CCN(Cc2cc(-c3ccc(F)cc3)ccc2OCC(=O)NCc2cccc(C(F)(F)F)c2)CC1.